The van der Waals surface area contributed by atoms with Crippen molar-refractivity contribution in [2.24, 2.45) is 4.99 Å². The van der Waals surface area contributed by atoms with Gasteiger partial charge in [-0.25, -0.2) is 0 Å². The van der Waals surface area contributed by atoms with Crippen LogP contribution in [0.15, 0.2) is 144 Å². The maximum Gasteiger partial charge on any atom is 0.128 e. The van der Waals surface area contributed by atoms with Gasteiger partial charge in [-0.05, 0) is 78.3 Å². The summed E-state index contributed by atoms with van der Waals surface area (Å²) in [5, 5.41) is 12.6. The van der Waals surface area contributed by atoms with E-state index in [0.29, 0.717) is 28.1 Å². The topological polar surface area (TPSA) is 45.5 Å². The Kier molecular flexibility index (Phi) is 9.70. The molecule has 4 heteroatoms. The molecule has 324 valence electrons. The van der Waals surface area contributed by atoms with E-state index in [1.165, 1.54) is 5.56 Å². The number of phenols is 1. The number of aromatic hydroxyl groups is 1. The molecule has 2 heterocycles. The van der Waals surface area contributed by atoms with Gasteiger partial charge in [0.1, 0.15) is 5.75 Å². The first-order chi connectivity index (χ1) is 32.5. The summed E-state index contributed by atoms with van der Waals surface area (Å²) in [6.45, 7) is 25.7. The Labute approximate surface area is 402 Å². The van der Waals surface area contributed by atoms with E-state index < -0.39 is 59.2 Å². The summed E-state index contributed by atoms with van der Waals surface area (Å²) in [6, 6.07) is 31.0. The molecule has 0 fully saturated rings. The van der Waals surface area contributed by atoms with Crippen molar-refractivity contribution in [1.82, 2.24) is 4.98 Å². The SMILES string of the molecule is [2H]c1nc(-c2[c-]c(-c3cccc4c3N=C(c3cc(C(C)(C)C)cc(C(C)(C)C)c3O)C4c3ccc(C(C)(C)C)cc3-c3ccccc3)cc(C(C)(C)C)c2)c([2H])c(-c2c([2H])c([2H])c([2H])c([2H])c2[2H])c1[2H].[Pt]. The first kappa shape index (κ1) is 36.0. The third-order valence-corrected chi connectivity index (χ3v) is 11.9. The molecule has 1 atom stereocenters. The van der Waals surface area contributed by atoms with Gasteiger partial charge < -0.3 is 5.11 Å². The number of fused-ring (bicyclic) bond motifs is 1. The van der Waals surface area contributed by atoms with E-state index >= 15 is 0 Å². The Balaban J connectivity index is 0.00000741. The van der Waals surface area contributed by atoms with Crippen LogP contribution in [0, 0.1) is 6.07 Å². The van der Waals surface area contributed by atoms with Gasteiger partial charge in [0, 0.05) is 49.7 Å². The Morgan fingerprint density at radius 2 is 1.19 bits per heavy atom. The van der Waals surface area contributed by atoms with Crippen molar-refractivity contribution in [3.05, 3.63) is 184 Å². The maximum absolute atomic E-state index is 12.6. The molecule has 0 saturated carbocycles. The number of para-hydroxylation sites is 1. The maximum atomic E-state index is 12.6. The molecule has 0 spiro atoms. The van der Waals surface area contributed by atoms with Gasteiger partial charge in [0.15, 0.2) is 0 Å². The molecule has 63 heavy (non-hydrogen) atoms. The summed E-state index contributed by atoms with van der Waals surface area (Å²) >= 11 is 0. The quantitative estimate of drug-likeness (QED) is 0.169. The predicted octanol–water partition coefficient (Wildman–Crippen LogP) is 15.7. The van der Waals surface area contributed by atoms with Crippen LogP contribution < -0.4 is 0 Å². The Morgan fingerprint density at radius 3 is 1.84 bits per heavy atom. The van der Waals surface area contributed by atoms with E-state index in [4.69, 9.17) is 14.6 Å². The molecule has 1 aliphatic rings. The van der Waals surface area contributed by atoms with Gasteiger partial charge in [-0.3, -0.25) is 9.98 Å². The number of phenolic OH excluding ortho intramolecular Hbond substituents is 1. The predicted molar refractivity (Wildman–Crippen MR) is 262 cm³/mol. The van der Waals surface area contributed by atoms with E-state index in [1.807, 2.05) is 42.5 Å². The number of pyridine rings is 1. The monoisotopic (exact) mass is 1020 g/mol. The van der Waals surface area contributed by atoms with Gasteiger partial charge in [-0.1, -0.05) is 203 Å². The van der Waals surface area contributed by atoms with Crippen molar-refractivity contribution in [3.8, 4) is 50.4 Å². The van der Waals surface area contributed by atoms with E-state index in [1.54, 1.807) is 0 Å². The van der Waals surface area contributed by atoms with Crippen LogP contribution in [-0.4, -0.2) is 15.8 Å². The van der Waals surface area contributed by atoms with Gasteiger partial charge in [0.2, 0.25) is 0 Å². The Morgan fingerprint density at radius 1 is 0.556 bits per heavy atom. The zero-order valence-electron chi connectivity index (χ0n) is 46.4. The summed E-state index contributed by atoms with van der Waals surface area (Å²) in [4.78, 5) is 10.1. The molecule has 1 N–H and O–H groups in total. The molecule has 0 radical (unpaired) electrons. The molecule has 1 aliphatic heterocycles. The molecule has 7 aromatic rings. The van der Waals surface area contributed by atoms with Crippen LogP contribution in [0.1, 0.15) is 139 Å². The van der Waals surface area contributed by atoms with E-state index in [0.717, 1.165) is 44.5 Å². The van der Waals surface area contributed by atoms with Crippen LogP contribution in [-0.2, 0) is 42.7 Å². The van der Waals surface area contributed by atoms with Crippen LogP contribution in [0.3, 0.4) is 0 Å². The van der Waals surface area contributed by atoms with Gasteiger partial charge >= 0.3 is 0 Å². The molecule has 6 aromatic carbocycles. The van der Waals surface area contributed by atoms with Crippen molar-refractivity contribution in [3.63, 3.8) is 0 Å². The molecule has 1 unspecified atom stereocenters. The summed E-state index contributed by atoms with van der Waals surface area (Å²) in [5.41, 5.74) is 9.85. The average Bonchev–Trinajstić information content (AvgIpc) is 3.68. The fraction of sp³-hybridized carbons (Fsp3) is 0.288. The van der Waals surface area contributed by atoms with Crippen LogP contribution in [0.5, 0.6) is 5.75 Å². The van der Waals surface area contributed by atoms with Gasteiger partial charge in [-0.2, -0.15) is 0 Å². The van der Waals surface area contributed by atoms with Crippen LogP contribution >= 0.6 is 0 Å². The third kappa shape index (κ3) is 9.19. The number of aliphatic imine (C=N–C) groups is 1. The first-order valence-electron chi connectivity index (χ1n) is 25.4. The number of benzene rings is 6. The van der Waals surface area contributed by atoms with Crippen LogP contribution in [0.4, 0.5) is 5.69 Å². The molecule has 0 saturated heterocycles. The first-order valence-corrected chi connectivity index (χ1v) is 21.4. The average molecular weight is 1020 g/mol. The zero-order valence-corrected chi connectivity index (χ0v) is 40.7. The fourth-order valence-corrected chi connectivity index (χ4v) is 8.20. The standard InChI is InChI=1S/C59H61N2O.Pt/c1-56(2,3)42-26-27-46(48(34-42)38-22-17-14-18-23-38)52-47-25-19-24-45(53(47)61-54(52)49-35-44(58(7,8)9)36-50(55(49)62)59(10,11)12)40-30-41(32-43(31-40)57(4,5)6)51-33-39(28-29-60-51)37-20-15-13-16-21-37;/h13-29,31-36,52,62H,1-12H3;/q-1;/i13D,15D,16D,20D,21D,28D,29D,33D;. The number of nitrogens with zero attached hydrogens (tertiary/aromatic N) is 2. The van der Waals surface area contributed by atoms with Gasteiger partial charge in [0.05, 0.1) is 22.6 Å². The third-order valence-electron chi connectivity index (χ3n) is 11.9. The zero-order chi connectivity index (χ0) is 51.3. The summed E-state index contributed by atoms with van der Waals surface area (Å²) in [5.74, 6) is -0.252. The summed E-state index contributed by atoms with van der Waals surface area (Å²) in [7, 11) is 0. The summed E-state index contributed by atoms with van der Waals surface area (Å²) in [6.07, 6.45) is -0.514. The molecule has 0 amide bonds. The molecule has 1 aromatic heterocycles. The largest absolute Gasteiger partial charge is 0.507 e. The molecule has 0 bridgehead atoms. The van der Waals surface area contributed by atoms with Gasteiger partial charge in [-0.15, -0.1) is 29.3 Å². The van der Waals surface area contributed by atoms with Crippen molar-refractivity contribution < 1.29 is 37.1 Å². The minimum atomic E-state index is -0.603. The minimum absolute atomic E-state index is 0. The molecule has 3 nitrogen and oxygen atoms in total. The Hall–Kier alpha value is -5.37. The molecule has 0 aliphatic carbocycles. The van der Waals surface area contributed by atoms with E-state index in [-0.39, 0.29) is 60.5 Å². The molecule has 8 rings (SSSR count). The van der Waals surface area contributed by atoms with E-state index in [2.05, 4.69) is 143 Å². The number of aromatic nitrogens is 1. The number of hydrogen-bond donors (Lipinski definition) is 1. The second-order valence-electron chi connectivity index (χ2n) is 20.7. The van der Waals surface area contributed by atoms with Crippen molar-refractivity contribution in [2.75, 3.05) is 0 Å². The number of hydrogen-bond acceptors (Lipinski definition) is 3. The Bertz CT molecular complexity index is 3270. The van der Waals surface area contributed by atoms with E-state index in [9.17, 15) is 6.48 Å². The van der Waals surface area contributed by atoms with Crippen molar-refractivity contribution in [2.45, 2.75) is 111 Å². The van der Waals surface area contributed by atoms with Crippen molar-refractivity contribution in [1.29, 1.82) is 0 Å². The fourth-order valence-electron chi connectivity index (χ4n) is 8.20. The van der Waals surface area contributed by atoms with Crippen LogP contribution in [0.25, 0.3) is 44.6 Å². The smallest absolute Gasteiger partial charge is 0.128 e. The minimum Gasteiger partial charge on any atom is -0.507 e. The second-order valence-corrected chi connectivity index (χ2v) is 20.7. The molecular weight excluding hydrogens is 948 g/mol. The second kappa shape index (κ2) is 17.0. The van der Waals surface area contributed by atoms with Gasteiger partial charge in [0.25, 0.3) is 0 Å². The van der Waals surface area contributed by atoms with Crippen LogP contribution in [0.2, 0.25) is 0 Å². The normalized spacial score (nSPS) is 16.0. The van der Waals surface area contributed by atoms with Crippen molar-refractivity contribution >= 4 is 11.4 Å². The summed E-state index contributed by atoms with van der Waals surface area (Å²) < 4.78 is 69.7. The molecular formula is C59H61N2OPt-. The number of rotatable bonds is 6.